The average molecular weight is 420 g/mol. The van der Waals surface area contributed by atoms with E-state index in [-0.39, 0.29) is 18.7 Å². The average Bonchev–Trinajstić information content (AvgIpc) is 3.29. The molecule has 0 saturated heterocycles. The number of carboxylic acid groups (broad SMARTS) is 1. The summed E-state index contributed by atoms with van der Waals surface area (Å²) in [5.41, 5.74) is 1.97. The molecule has 0 aliphatic rings. The van der Waals surface area contributed by atoms with Gasteiger partial charge in [0, 0.05) is 35.5 Å². The van der Waals surface area contributed by atoms with Crippen molar-refractivity contribution in [3.05, 3.63) is 52.2 Å². The van der Waals surface area contributed by atoms with Crippen LogP contribution in [0.2, 0.25) is 5.02 Å². The molecule has 9 heteroatoms. The van der Waals surface area contributed by atoms with Gasteiger partial charge in [-0.25, -0.2) is 4.98 Å². The van der Waals surface area contributed by atoms with E-state index < -0.39 is 11.9 Å². The molecule has 0 saturated carbocycles. The molecular formula is C19H18ClN3O4S. The van der Waals surface area contributed by atoms with Gasteiger partial charge in [-0.15, -0.1) is 11.3 Å². The molecule has 0 bridgehead atoms. The molecule has 0 radical (unpaired) electrons. The maximum atomic E-state index is 12.9. The summed E-state index contributed by atoms with van der Waals surface area (Å²) >= 11 is 7.50. The predicted molar refractivity (Wildman–Crippen MR) is 107 cm³/mol. The number of amides is 1. The number of aromatic nitrogens is 2. The lowest BCUT2D eigenvalue weighted by molar-refractivity contribution is -0.140. The Kier molecular flexibility index (Phi) is 6.11. The van der Waals surface area contributed by atoms with Crippen LogP contribution in [0.5, 0.6) is 0 Å². The summed E-state index contributed by atoms with van der Waals surface area (Å²) < 4.78 is 5.01. The van der Waals surface area contributed by atoms with Gasteiger partial charge in [0.15, 0.2) is 5.13 Å². The van der Waals surface area contributed by atoms with Gasteiger partial charge >= 0.3 is 5.97 Å². The predicted octanol–water partition coefficient (Wildman–Crippen LogP) is 4.06. The number of rotatable bonds is 7. The second-order valence-electron chi connectivity index (χ2n) is 6.32. The summed E-state index contributed by atoms with van der Waals surface area (Å²) in [7, 11) is 1.58. The molecule has 0 aliphatic carbocycles. The number of carbonyl (C=O) groups is 2. The molecule has 2 aromatic heterocycles. The van der Waals surface area contributed by atoms with Crippen LogP contribution >= 0.6 is 22.9 Å². The van der Waals surface area contributed by atoms with Crippen LogP contribution in [-0.2, 0) is 16.0 Å². The molecule has 2 heterocycles. The molecule has 0 spiro atoms. The highest BCUT2D eigenvalue weighted by molar-refractivity contribution is 7.14. The van der Waals surface area contributed by atoms with Crippen LogP contribution in [0.25, 0.3) is 11.3 Å². The van der Waals surface area contributed by atoms with E-state index in [0.717, 1.165) is 5.56 Å². The Hall–Kier alpha value is -2.71. The van der Waals surface area contributed by atoms with Crippen molar-refractivity contribution in [2.24, 2.45) is 5.92 Å². The highest BCUT2D eigenvalue weighted by Crippen LogP contribution is 2.32. The number of aliphatic carboxylic acids is 1. The summed E-state index contributed by atoms with van der Waals surface area (Å²) in [5, 5.41) is 15.9. The highest BCUT2D eigenvalue weighted by atomic mass is 35.5. The van der Waals surface area contributed by atoms with Gasteiger partial charge < -0.3 is 9.63 Å². The number of halogens is 1. The lowest BCUT2D eigenvalue weighted by Crippen LogP contribution is -2.35. The first-order valence-corrected chi connectivity index (χ1v) is 9.73. The van der Waals surface area contributed by atoms with Crippen LogP contribution in [0.4, 0.5) is 5.13 Å². The molecule has 1 atom stereocenters. The van der Waals surface area contributed by atoms with Crippen molar-refractivity contribution in [2.45, 2.75) is 19.8 Å². The number of carboxylic acids is 1. The molecule has 1 N–H and O–H groups in total. The number of aryl methyl sites for hydroxylation is 1. The Morgan fingerprint density at radius 3 is 2.75 bits per heavy atom. The first kappa shape index (κ1) is 20.0. The van der Waals surface area contributed by atoms with E-state index in [1.165, 1.54) is 16.2 Å². The van der Waals surface area contributed by atoms with Gasteiger partial charge in [-0.3, -0.25) is 14.5 Å². The summed E-state index contributed by atoms with van der Waals surface area (Å²) in [5.74, 6) is -1.57. The fraction of sp³-hybridized carbons (Fsp3) is 0.263. The summed E-state index contributed by atoms with van der Waals surface area (Å²) in [6.45, 7) is 1.74. The molecule has 1 amide bonds. The second-order valence-corrected chi connectivity index (χ2v) is 7.56. The molecule has 1 aromatic carbocycles. The summed E-state index contributed by atoms with van der Waals surface area (Å²) in [6, 6.07) is 9.01. The highest BCUT2D eigenvalue weighted by Gasteiger charge is 2.28. The van der Waals surface area contributed by atoms with E-state index >= 15 is 0 Å². The number of hydrogen-bond donors (Lipinski definition) is 1. The van der Waals surface area contributed by atoms with Gasteiger partial charge in [-0.2, -0.15) is 0 Å². The second kappa shape index (κ2) is 8.53. The fourth-order valence-electron chi connectivity index (χ4n) is 2.80. The minimum atomic E-state index is -1.05. The number of hydrogen-bond acceptors (Lipinski definition) is 6. The SMILES string of the molecule is Cc1cc(CC(CC(=O)O)C(=O)N(C)c2nc(-c3ccccc3Cl)cs2)no1. The molecule has 146 valence electrons. The van der Waals surface area contributed by atoms with Crippen molar-refractivity contribution >= 4 is 39.9 Å². The summed E-state index contributed by atoms with van der Waals surface area (Å²) in [4.78, 5) is 30.1. The Morgan fingerprint density at radius 2 is 2.11 bits per heavy atom. The first-order valence-electron chi connectivity index (χ1n) is 8.47. The molecule has 1 unspecified atom stereocenters. The van der Waals surface area contributed by atoms with Gasteiger partial charge in [0.2, 0.25) is 5.91 Å². The van der Waals surface area contributed by atoms with Crippen molar-refractivity contribution in [3.8, 4) is 11.3 Å². The zero-order valence-corrected chi connectivity index (χ0v) is 16.8. The minimum Gasteiger partial charge on any atom is -0.481 e. The molecule has 7 nitrogen and oxygen atoms in total. The van der Waals surface area contributed by atoms with Crippen LogP contribution in [0, 0.1) is 12.8 Å². The third-order valence-corrected chi connectivity index (χ3v) is 5.41. The molecule has 28 heavy (non-hydrogen) atoms. The zero-order chi connectivity index (χ0) is 20.3. The third-order valence-electron chi connectivity index (χ3n) is 4.16. The number of anilines is 1. The molecule has 0 aliphatic heterocycles. The van der Waals surface area contributed by atoms with Gasteiger partial charge in [0.05, 0.1) is 23.7 Å². The lowest BCUT2D eigenvalue weighted by Gasteiger charge is -2.20. The minimum absolute atomic E-state index is 0.176. The van der Waals surface area contributed by atoms with Crippen molar-refractivity contribution < 1.29 is 19.2 Å². The standard InChI is InChI=1S/C19H18ClN3O4S/c1-11-7-13(22-27-11)8-12(9-17(24)25)18(26)23(2)19-21-16(10-28-19)14-5-3-4-6-15(14)20/h3-7,10,12H,8-9H2,1-2H3,(H,24,25). The maximum absolute atomic E-state index is 12.9. The van der Waals surface area contributed by atoms with Gasteiger partial charge in [-0.05, 0) is 13.0 Å². The maximum Gasteiger partial charge on any atom is 0.304 e. The Balaban J connectivity index is 1.81. The number of benzene rings is 1. The number of carbonyl (C=O) groups excluding carboxylic acids is 1. The largest absolute Gasteiger partial charge is 0.481 e. The number of thiazole rings is 1. The van der Waals surface area contributed by atoms with E-state index in [1.807, 2.05) is 23.6 Å². The lowest BCUT2D eigenvalue weighted by atomic mass is 9.98. The Labute approximate surface area is 170 Å². The van der Waals surface area contributed by atoms with Crippen LogP contribution in [0.15, 0.2) is 40.2 Å². The molecule has 3 aromatic rings. The zero-order valence-electron chi connectivity index (χ0n) is 15.3. The van der Waals surface area contributed by atoms with Gasteiger partial charge in [0.25, 0.3) is 0 Å². The van der Waals surface area contributed by atoms with Crippen LogP contribution in [-0.4, -0.2) is 34.2 Å². The van der Waals surface area contributed by atoms with Crippen LogP contribution < -0.4 is 4.90 Å². The molecular weight excluding hydrogens is 402 g/mol. The van der Waals surface area contributed by atoms with Gasteiger partial charge in [0.1, 0.15) is 5.76 Å². The molecule has 3 rings (SSSR count). The van der Waals surface area contributed by atoms with E-state index in [2.05, 4.69) is 10.1 Å². The van der Waals surface area contributed by atoms with E-state index in [4.69, 9.17) is 16.1 Å². The number of nitrogens with zero attached hydrogens (tertiary/aromatic N) is 3. The van der Waals surface area contributed by atoms with E-state index in [9.17, 15) is 14.7 Å². The smallest absolute Gasteiger partial charge is 0.304 e. The molecule has 0 fully saturated rings. The topological polar surface area (TPSA) is 96.5 Å². The van der Waals surface area contributed by atoms with Crippen molar-refractivity contribution in [1.82, 2.24) is 10.1 Å². The van der Waals surface area contributed by atoms with Gasteiger partial charge in [-0.1, -0.05) is 35.0 Å². The third kappa shape index (κ3) is 4.58. The fourth-order valence-corrected chi connectivity index (χ4v) is 3.83. The van der Waals surface area contributed by atoms with Crippen molar-refractivity contribution in [3.63, 3.8) is 0 Å². The normalized spacial score (nSPS) is 12.0. The van der Waals surface area contributed by atoms with Crippen molar-refractivity contribution in [1.29, 1.82) is 0 Å². The van der Waals surface area contributed by atoms with E-state index in [0.29, 0.717) is 27.3 Å². The first-order chi connectivity index (χ1) is 13.3. The Morgan fingerprint density at radius 1 is 1.36 bits per heavy atom. The van der Waals surface area contributed by atoms with Crippen LogP contribution in [0.1, 0.15) is 17.9 Å². The van der Waals surface area contributed by atoms with E-state index in [1.54, 1.807) is 26.1 Å². The summed E-state index contributed by atoms with van der Waals surface area (Å²) in [6.07, 6.45) is -0.132. The van der Waals surface area contributed by atoms with Crippen molar-refractivity contribution in [2.75, 3.05) is 11.9 Å². The Bertz CT molecular complexity index is 1000. The monoisotopic (exact) mass is 419 g/mol. The quantitative estimate of drug-likeness (QED) is 0.620. The van der Waals surface area contributed by atoms with Crippen LogP contribution in [0.3, 0.4) is 0 Å².